The largest absolute Gasteiger partial charge is 0.0871 e. The first-order valence-corrected chi connectivity index (χ1v) is 7.42. The zero-order valence-corrected chi connectivity index (χ0v) is 13.0. The molecule has 0 fully saturated rings. The molecule has 0 saturated carbocycles. The van der Waals surface area contributed by atoms with Crippen molar-refractivity contribution in [3.63, 3.8) is 0 Å². The fourth-order valence-electron chi connectivity index (χ4n) is 1.59. The van der Waals surface area contributed by atoms with E-state index in [0.717, 1.165) is 12.3 Å². The maximum atomic E-state index is 2.50. The second kappa shape index (κ2) is 7.70. The Morgan fingerprint density at radius 2 is 1.88 bits per heavy atom. The molecule has 0 saturated heterocycles. The van der Waals surface area contributed by atoms with E-state index in [4.69, 9.17) is 0 Å². The van der Waals surface area contributed by atoms with Crippen LogP contribution in [0.1, 0.15) is 32.8 Å². The van der Waals surface area contributed by atoms with E-state index in [9.17, 15) is 0 Å². The molecule has 1 aromatic rings. The third-order valence-corrected chi connectivity index (χ3v) is 4.17. The van der Waals surface area contributed by atoms with Crippen molar-refractivity contribution in [3.05, 3.63) is 54.1 Å². The van der Waals surface area contributed by atoms with Gasteiger partial charge in [-0.3, -0.25) is 0 Å². The number of allylic oxidation sites excluding steroid dienone is 4. The van der Waals surface area contributed by atoms with Gasteiger partial charge >= 0.3 is 0 Å². The van der Waals surface area contributed by atoms with Crippen LogP contribution in [0.3, 0.4) is 0 Å². The van der Waals surface area contributed by atoms with Gasteiger partial charge in [0.15, 0.2) is 0 Å². The van der Waals surface area contributed by atoms with E-state index in [1.165, 1.54) is 11.1 Å². The molecule has 2 atom stereocenters. The molecular weight excluding hydrogens is 319 g/mol. The van der Waals surface area contributed by atoms with Crippen molar-refractivity contribution < 1.29 is 0 Å². The molecule has 0 radical (unpaired) electrons. The summed E-state index contributed by atoms with van der Waals surface area (Å²) in [6.45, 7) is 6.66. The van der Waals surface area contributed by atoms with Gasteiger partial charge in [-0.15, -0.1) is 0 Å². The average Bonchev–Trinajstić information content (AvgIpc) is 2.35. The van der Waals surface area contributed by atoms with Gasteiger partial charge < -0.3 is 0 Å². The first kappa shape index (κ1) is 14.5. The summed E-state index contributed by atoms with van der Waals surface area (Å²) < 4.78 is 0.714. The minimum Gasteiger partial charge on any atom is -0.0871 e. The van der Waals surface area contributed by atoms with Crippen LogP contribution in [-0.2, 0) is 0 Å². The number of rotatable bonds is 5. The highest BCUT2D eigenvalue weighted by Gasteiger charge is 2.07. The first-order valence-electron chi connectivity index (χ1n) is 6.17. The fraction of sp³-hybridized carbons (Fsp3) is 0.375. The quantitative estimate of drug-likeness (QED) is 0.377. The molecule has 1 unspecified atom stereocenters. The van der Waals surface area contributed by atoms with E-state index in [0.29, 0.717) is 3.92 Å². The summed E-state index contributed by atoms with van der Waals surface area (Å²) in [5.74, 6) is 0.722. The highest BCUT2D eigenvalue weighted by Crippen LogP contribution is 2.21. The molecule has 0 amide bonds. The lowest BCUT2D eigenvalue weighted by Gasteiger charge is -2.12. The predicted octanol–water partition coefficient (Wildman–Crippen LogP) is 5.50. The smallest absolute Gasteiger partial charge is 0.0110 e. The Morgan fingerprint density at radius 1 is 1.24 bits per heavy atom. The van der Waals surface area contributed by atoms with Crippen LogP contribution < -0.4 is 0 Å². The Hall–Kier alpha value is -0.570. The normalized spacial score (nSPS) is 16.1. The van der Waals surface area contributed by atoms with Gasteiger partial charge in [0, 0.05) is 3.92 Å². The van der Waals surface area contributed by atoms with Gasteiger partial charge in [0.1, 0.15) is 0 Å². The van der Waals surface area contributed by atoms with Gasteiger partial charge in [-0.25, -0.2) is 0 Å². The Labute approximate surface area is 119 Å². The Kier molecular flexibility index (Phi) is 6.56. The van der Waals surface area contributed by atoms with Crippen LogP contribution in [0.4, 0.5) is 0 Å². The molecule has 0 aliphatic carbocycles. The topological polar surface area (TPSA) is 0 Å². The molecule has 92 valence electrons. The molecule has 1 heteroatoms. The molecule has 0 aromatic heterocycles. The molecule has 0 heterocycles. The van der Waals surface area contributed by atoms with Gasteiger partial charge in [-0.2, -0.15) is 0 Å². The van der Waals surface area contributed by atoms with Gasteiger partial charge in [0.25, 0.3) is 0 Å². The van der Waals surface area contributed by atoms with Crippen LogP contribution in [0.5, 0.6) is 0 Å². The van der Waals surface area contributed by atoms with Crippen LogP contribution in [-0.4, -0.2) is 3.92 Å². The molecule has 0 bridgehead atoms. The van der Waals surface area contributed by atoms with Gasteiger partial charge in [-0.1, -0.05) is 85.0 Å². The number of hydrogen-bond donors (Lipinski definition) is 0. The maximum Gasteiger partial charge on any atom is 0.0110 e. The summed E-state index contributed by atoms with van der Waals surface area (Å²) in [5, 5.41) is 0. The lowest BCUT2D eigenvalue weighted by molar-refractivity contribution is 0.603. The summed E-state index contributed by atoms with van der Waals surface area (Å²) in [7, 11) is 0. The number of halogens is 1. The Morgan fingerprint density at radius 3 is 2.41 bits per heavy atom. The van der Waals surface area contributed by atoms with E-state index in [1.54, 1.807) is 0 Å². The van der Waals surface area contributed by atoms with Crippen LogP contribution in [0, 0.1) is 5.92 Å². The number of benzene rings is 1. The van der Waals surface area contributed by atoms with Crippen molar-refractivity contribution in [2.24, 2.45) is 5.92 Å². The van der Waals surface area contributed by atoms with E-state index in [2.05, 4.69) is 91.9 Å². The van der Waals surface area contributed by atoms with Crippen molar-refractivity contribution >= 4 is 28.2 Å². The molecule has 0 nitrogen and oxygen atoms in total. The van der Waals surface area contributed by atoms with Crippen LogP contribution in [0.15, 0.2) is 48.6 Å². The molecule has 17 heavy (non-hydrogen) atoms. The second-order valence-electron chi connectivity index (χ2n) is 4.42. The fourth-order valence-corrected chi connectivity index (χ4v) is 1.89. The van der Waals surface area contributed by atoms with E-state index >= 15 is 0 Å². The van der Waals surface area contributed by atoms with Gasteiger partial charge in [0.2, 0.25) is 0 Å². The van der Waals surface area contributed by atoms with Crippen LogP contribution >= 0.6 is 22.6 Å². The zero-order valence-electron chi connectivity index (χ0n) is 10.9. The molecule has 0 aliphatic rings. The summed E-state index contributed by atoms with van der Waals surface area (Å²) in [5.41, 5.74) is 2.64. The monoisotopic (exact) mass is 340 g/mol. The van der Waals surface area contributed by atoms with E-state index < -0.39 is 0 Å². The highest BCUT2D eigenvalue weighted by molar-refractivity contribution is 14.1. The molecule has 1 aromatic carbocycles. The SMILES string of the molecule is C/C=C\C(=C/CC(C)[C@H](C)I)c1ccccc1. The molecule has 0 spiro atoms. The maximum absolute atomic E-state index is 2.50. The van der Waals surface area contributed by atoms with Gasteiger partial charge in [0.05, 0.1) is 0 Å². The van der Waals surface area contributed by atoms with Gasteiger partial charge in [-0.05, 0) is 30.4 Å². The summed E-state index contributed by atoms with van der Waals surface area (Å²) in [4.78, 5) is 0. The van der Waals surface area contributed by atoms with Crippen LogP contribution in [0.2, 0.25) is 0 Å². The van der Waals surface area contributed by atoms with Crippen molar-refractivity contribution in [3.8, 4) is 0 Å². The zero-order chi connectivity index (χ0) is 12.7. The second-order valence-corrected chi connectivity index (χ2v) is 6.38. The highest BCUT2D eigenvalue weighted by atomic mass is 127. The summed E-state index contributed by atoms with van der Waals surface area (Å²) in [6.07, 6.45) is 7.80. The minimum atomic E-state index is 0.714. The molecule has 0 aliphatic heterocycles. The standard InChI is InChI=1S/C16H21I/c1-4-8-15(12-11-13(2)14(3)17)16-9-6-5-7-10-16/h4-10,12-14H,11H2,1-3H3/b8-4-,15-12+/t13?,14-/m0/s1. The molecule has 1 rings (SSSR count). The molecule has 0 N–H and O–H groups in total. The number of hydrogen-bond acceptors (Lipinski definition) is 0. The first-order chi connectivity index (χ1) is 8.15. The van der Waals surface area contributed by atoms with E-state index in [-0.39, 0.29) is 0 Å². The summed E-state index contributed by atoms with van der Waals surface area (Å²) >= 11 is 2.50. The van der Waals surface area contributed by atoms with Crippen molar-refractivity contribution in [1.29, 1.82) is 0 Å². The lowest BCUT2D eigenvalue weighted by atomic mass is 9.99. The third-order valence-electron chi connectivity index (χ3n) is 2.95. The van der Waals surface area contributed by atoms with Crippen molar-refractivity contribution in [1.82, 2.24) is 0 Å². The predicted molar refractivity (Wildman–Crippen MR) is 86.5 cm³/mol. The van der Waals surface area contributed by atoms with Crippen molar-refractivity contribution in [2.75, 3.05) is 0 Å². The molecular formula is C16H21I. The van der Waals surface area contributed by atoms with E-state index in [1.807, 2.05) is 0 Å². The Bertz CT molecular complexity index is 374. The van der Waals surface area contributed by atoms with Crippen LogP contribution in [0.25, 0.3) is 5.57 Å². The minimum absolute atomic E-state index is 0.714. The third kappa shape index (κ3) is 5.07. The lowest BCUT2D eigenvalue weighted by Crippen LogP contribution is -2.04. The Balaban J connectivity index is 2.83. The van der Waals surface area contributed by atoms with Crippen molar-refractivity contribution in [2.45, 2.75) is 31.1 Å². The summed E-state index contributed by atoms with van der Waals surface area (Å²) in [6, 6.07) is 10.6. The number of alkyl halides is 1. The average molecular weight is 340 g/mol.